The number of thioether (sulfide) groups is 1. The molecule has 0 radical (unpaired) electrons. The Labute approximate surface area is 179 Å². The summed E-state index contributed by atoms with van der Waals surface area (Å²) < 4.78 is 4.97. The molecule has 2 amide bonds. The van der Waals surface area contributed by atoms with E-state index >= 15 is 0 Å². The Kier molecular flexibility index (Phi) is 7.55. The molecule has 0 bridgehead atoms. The standard InChI is InChI=1S/C21H23N3O3S2/c1-3-12-27-21(26)24-10-8-15(9-11-24)20-23-17(14-29-20)19(25)22-13-16-6-4-5-7-18(16)28-2/h1,4-7,14-15H,8-13H2,2H3,(H,22,25). The lowest BCUT2D eigenvalue weighted by Crippen LogP contribution is -2.38. The van der Waals surface area contributed by atoms with Crippen LogP contribution in [0, 0.1) is 12.3 Å². The molecule has 1 saturated heterocycles. The summed E-state index contributed by atoms with van der Waals surface area (Å²) in [6.45, 7) is 1.66. The fraction of sp³-hybridized carbons (Fsp3) is 0.381. The van der Waals surface area contributed by atoms with E-state index in [1.807, 2.05) is 30.5 Å². The van der Waals surface area contributed by atoms with Crippen LogP contribution < -0.4 is 5.32 Å². The number of carbonyl (C=O) groups is 2. The van der Waals surface area contributed by atoms with Gasteiger partial charge in [-0.2, -0.15) is 0 Å². The molecule has 1 N–H and O–H groups in total. The molecular formula is C21H23N3O3S2. The van der Waals surface area contributed by atoms with Crippen LogP contribution in [0.15, 0.2) is 34.5 Å². The van der Waals surface area contributed by atoms with Crippen molar-refractivity contribution in [1.29, 1.82) is 0 Å². The Hall–Kier alpha value is -2.50. The first kappa shape index (κ1) is 21.2. The summed E-state index contributed by atoms with van der Waals surface area (Å²) in [7, 11) is 0. The van der Waals surface area contributed by atoms with Crippen LogP contribution in [0.5, 0.6) is 0 Å². The molecule has 1 aromatic heterocycles. The molecule has 1 aromatic carbocycles. The van der Waals surface area contributed by atoms with Crippen molar-refractivity contribution < 1.29 is 14.3 Å². The average molecular weight is 430 g/mol. The second-order valence-electron chi connectivity index (χ2n) is 6.59. The van der Waals surface area contributed by atoms with Crippen molar-refractivity contribution >= 4 is 35.1 Å². The smallest absolute Gasteiger partial charge is 0.410 e. The highest BCUT2D eigenvalue weighted by atomic mass is 32.2. The molecule has 0 saturated carbocycles. The van der Waals surface area contributed by atoms with E-state index in [-0.39, 0.29) is 24.5 Å². The molecule has 6 nitrogen and oxygen atoms in total. The fourth-order valence-electron chi connectivity index (χ4n) is 3.20. The molecule has 0 aliphatic carbocycles. The third-order valence-corrected chi connectivity index (χ3v) is 6.61. The van der Waals surface area contributed by atoms with E-state index < -0.39 is 0 Å². The van der Waals surface area contributed by atoms with Gasteiger partial charge < -0.3 is 15.0 Å². The maximum atomic E-state index is 12.5. The highest BCUT2D eigenvalue weighted by Crippen LogP contribution is 2.30. The van der Waals surface area contributed by atoms with Crippen molar-refractivity contribution in [2.24, 2.45) is 0 Å². The van der Waals surface area contributed by atoms with Crippen molar-refractivity contribution in [3.05, 3.63) is 45.9 Å². The van der Waals surface area contributed by atoms with Gasteiger partial charge in [0.1, 0.15) is 5.69 Å². The van der Waals surface area contributed by atoms with Gasteiger partial charge in [-0.05, 0) is 30.7 Å². The van der Waals surface area contributed by atoms with Gasteiger partial charge in [0.25, 0.3) is 5.91 Å². The number of piperidine rings is 1. The van der Waals surface area contributed by atoms with Crippen LogP contribution in [0.25, 0.3) is 0 Å². The molecule has 2 aromatic rings. The van der Waals surface area contributed by atoms with Gasteiger partial charge >= 0.3 is 6.09 Å². The van der Waals surface area contributed by atoms with Gasteiger partial charge in [-0.25, -0.2) is 9.78 Å². The van der Waals surface area contributed by atoms with Crippen molar-refractivity contribution in [3.8, 4) is 12.3 Å². The number of nitrogens with one attached hydrogen (secondary N) is 1. The SMILES string of the molecule is C#CCOC(=O)N1CCC(c2nc(C(=O)NCc3ccccc3SC)cs2)CC1. The van der Waals surface area contributed by atoms with Gasteiger partial charge in [0.2, 0.25) is 0 Å². The van der Waals surface area contributed by atoms with Crippen LogP contribution in [0.2, 0.25) is 0 Å². The number of terminal acetylenes is 1. The zero-order valence-electron chi connectivity index (χ0n) is 16.2. The first-order valence-corrected chi connectivity index (χ1v) is 11.4. The molecule has 152 valence electrons. The number of hydrogen-bond donors (Lipinski definition) is 1. The Balaban J connectivity index is 1.52. The largest absolute Gasteiger partial charge is 0.436 e. The van der Waals surface area contributed by atoms with E-state index in [4.69, 9.17) is 11.2 Å². The Morgan fingerprint density at radius 2 is 2.14 bits per heavy atom. The summed E-state index contributed by atoms with van der Waals surface area (Å²) in [5, 5.41) is 5.70. The number of aromatic nitrogens is 1. The predicted molar refractivity (Wildman–Crippen MR) is 115 cm³/mol. The lowest BCUT2D eigenvalue weighted by molar-refractivity contribution is 0.0946. The van der Waals surface area contributed by atoms with Crippen LogP contribution in [-0.4, -0.2) is 47.8 Å². The molecule has 0 spiro atoms. The average Bonchev–Trinajstić information content (AvgIpc) is 3.26. The maximum Gasteiger partial charge on any atom is 0.410 e. The maximum absolute atomic E-state index is 12.5. The lowest BCUT2D eigenvalue weighted by Gasteiger charge is -2.30. The van der Waals surface area contributed by atoms with E-state index in [0.29, 0.717) is 25.3 Å². The number of likely N-dealkylation sites (tertiary alicyclic amines) is 1. The molecule has 0 atom stereocenters. The molecule has 3 rings (SSSR count). The molecule has 0 unspecified atom stereocenters. The fourth-order valence-corrected chi connectivity index (χ4v) is 4.79. The lowest BCUT2D eigenvalue weighted by atomic mass is 9.98. The normalized spacial score (nSPS) is 14.3. The minimum absolute atomic E-state index is 0.00880. The number of nitrogens with zero attached hydrogens (tertiary/aromatic N) is 2. The van der Waals surface area contributed by atoms with Gasteiger partial charge in [0.05, 0.1) is 5.01 Å². The number of benzene rings is 1. The van der Waals surface area contributed by atoms with Gasteiger partial charge in [0.15, 0.2) is 6.61 Å². The minimum atomic E-state index is -0.369. The highest BCUT2D eigenvalue weighted by molar-refractivity contribution is 7.98. The summed E-state index contributed by atoms with van der Waals surface area (Å²) in [5.41, 5.74) is 1.54. The molecule has 8 heteroatoms. The summed E-state index contributed by atoms with van der Waals surface area (Å²) >= 11 is 3.16. The Morgan fingerprint density at radius 3 is 2.86 bits per heavy atom. The summed E-state index contributed by atoms with van der Waals surface area (Å²) in [4.78, 5) is 31.7. The monoisotopic (exact) mass is 429 g/mol. The second-order valence-corrected chi connectivity index (χ2v) is 8.32. The summed E-state index contributed by atoms with van der Waals surface area (Å²) in [5.74, 6) is 2.37. The van der Waals surface area contributed by atoms with E-state index in [0.717, 1.165) is 28.3 Å². The molecule has 1 aliphatic heterocycles. The van der Waals surface area contributed by atoms with E-state index in [1.165, 1.54) is 11.3 Å². The van der Waals surface area contributed by atoms with Crippen LogP contribution in [0.4, 0.5) is 4.79 Å². The van der Waals surface area contributed by atoms with Crippen molar-refractivity contribution in [3.63, 3.8) is 0 Å². The Bertz CT molecular complexity index is 899. The van der Waals surface area contributed by atoms with Crippen LogP contribution in [-0.2, 0) is 11.3 Å². The van der Waals surface area contributed by atoms with Gasteiger partial charge in [-0.15, -0.1) is 29.5 Å². The van der Waals surface area contributed by atoms with Crippen molar-refractivity contribution in [2.45, 2.75) is 30.2 Å². The van der Waals surface area contributed by atoms with Crippen LogP contribution in [0.1, 0.15) is 39.8 Å². The predicted octanol–water partition coefficient (Wildman–Crippen LogP) is 3.74. The number of hydrogen-bond acceptors (Lipinski definition) is 6. The number of thiazole rings is 1. The molecular weight excluding hydrogens is 406 g/mol. The van der Waals surface area contributed by atoms with Crippen LogP contribution >= 0.6 is 23.1 Å². The third kappa shape index (κ3) is 5.52. The van der Waals surface area contributed by atoms with Gasteiger partial charge in [0, 0.05) is 35.8 Å². The quantitative estimate of drug-likeness (QED) is 0.559. The van der Waals surface area contributed by atoms with Crippen LogP contribution in [0.3, 0.4) is 0 Å². The first-order chi connectivity index (χ1) is 14.1. The van der Waals surface area contributed by atoms with E-state index in [1.54, 1.807) is 22.0 Å². The topological polar surface area (TPSA) is 71.5 Å². The summed E-state index contributed by atoms with van der Waals surface area (Å²) in [6.07, 6.45) is 8.35. The number of amides is 2. The highest BCUT2D eigenvalue weighted by Gasteiger charge is 2.27. The first-order valence-electron chi connectivity index (χ1n) is 9.33. The zero-order valence-corrected chi connectivity index (χ0v) is 17.9. The molecule has 1 aliphatic rings. The molecule has 29 heavy (non-hydrogen) atoms. The number of carbonyl (C=O) groups excluding carboxylic acids is 2. The molecule has 1 fully saturated rings. The number of rotatable bonds is 6. The minimum Gasteiger partial charge on any atom is -0.436 e. The number of ether oxygens (including phenoxy) is 1. The van der Waals surface area contributed by atoms with Crippen molar-refractivity contribution in [2.75, 3.05) is 26.0 Å². The zero-order chi connectivity index (χ0) is 20.6. The van der Waals surface area contributed by atoms with E-state index in [2.05, 4.69) is 16.2 Å². The summed E-state index contributed by atoms with van der Waals surface area (Å²) in [6, 6.07) is 8.02. The van der Waals surface area contributed by atoms with Crippen molar-refractivity contribution in [1.82, 2.24) is 15.2 Å². The third-order valence-electron chi connectivity index (χ3n) is 4.77. The van der Waals surface area contributed by atoms with Gasteiger partial charge in [-0.1, -0.05) is 24.1 Å². The van der Waals surface area contributed by atoms with Gasteiger partial charge in [-0.3, -0.25) is 4.79 Å². The Morgan fingerprint density at radius 1 is 1.38 bits per heavy atom. The second kappa shape index (κ2) is 10.3. The molecule has 2 heterocycles. The van der Waals surface area contributed by atoms with E-state index in [9.17, 15) is 9.59 Å².